The summed E-state index contributed by atoms with van der Waals surface area (Å²) in [6.07, 6.45) is 3.51. The van der Waals surface area contributed by atoms with Gasteiger partial charge in [0.15, 0.2) is 0 Å². The van der Waals surface area contributed by atoms with Gasteiger partial charge in [0.05, 0.1) is 24.2 Å². The monoisotopic (exact) mass is 416 g/mol. The van der Waals surface area contributed by atoms with Crippen LogP contribution in [0, 0.1) is 0 Å². The number of amides is 3. The average Bonchev–Trinajstić information content (AvgIpc) is 2.73. The summed E-state index contributed by atoms with van der Waals surface area (Å²) in [6, 6.07) is 8.11. The van der Waals surface area contributed by atoms with Gasteiger partial charge < -0.3 is 20.3 Å². The van der Waals surface area contributed by atoms with Gasteiger partial charge in [0.2, 0.25) is 5.91 Å². The van der Waals surface area contributed by atoms with Gasteiger partial charge in [-0.3, -0.25) is 19.4 Å². The topological polar surface area (TPSA) is 101 Å². The number of aromatic nitrogens is 1. The Labute approximate surface area is 173 Å². The van der Waals surface area contributed by atoms with Gasteiger partial charge in [0, 0.05) is 30.5 Å². The molecule has 2 N–H and O–H groups in total. The van der Waals surface area contributed by atoms with Crippen molar-refractivity contribution in [2.24, 2.45) is 0 Å². The molecule has 1 aromatic carbocycles. The minimum absolute atomic E-state index is 0.0894. The number of carbonyl (C=O) groups is 3. The van der Waals surface area contributed by atoms with Crippen LogP contribution in [0.2, 0.25) is 5.02 Å². The Balaban J connectivity index is 1.74. The molecule has 0 atom stereocenters. The van der Waals surface area contributed by atoms with Gasteiger partial charge in [-0.15, -0.1) is 0 Å². The number of nitrogens with one attached hydrogen (secondary N) is 2. The van der Waals surface area contributed by atoms with Crippen molar-refractivity contribution in [2.45, 2.75) is 6.42 Å². The smallest absolute Gasteiger partial charge is 0.255 e. The lowest BCUT2D eigenvalue weighted by molar-refractivity contribution is -0.121. The number of ether oxygens (including phenoxy) is 1. The highest BCUT2D eigenvalue weighted by Gasteiger charge is 2.20. The van der Waals surface area contributed by atoms with Gasteiger partial charge in [-0.25, -0.2) is 0 Å². The Morgan fingerprint density at radius 3 is 2.83 bits per heavy atom. The Hall–Kier alpha value is -3.13. The SMILES string of the molecule is O=C1CN(C(=O)c2cccnc2)CCCNC(=O)c2cc(Cl)ccc2OCCN1. The predicted molar refractivity (Wildman–Crippen MR) is 107 cm³/mol. The Kier molecular flexibility index (Phi) is 7.02. The van der Waals surface area contributed by atoms with Gasteiger partial charge in [-0.2, -0.15) is 0 Å². The highest BCUT2D eigenvalue weighted by Crippen LogP contribution is 2.23. The fourth-order valence-corrected chi connectivity index (χ4v) is 3.05. The van der Waals surface area contributed by atoms with E-state index < -0.39 is 0 Å². The van der Waals surface area contributed by atoms with Crippen molar-refractivity contribution in [3.8, 4) is 5.75 Å². The first-order valence-corrected chi connectivity index (χ1v) is 9.59. The third-order valence-corrected chi connectivity index (χ3v) is 4.52. The zero-order valence-corrected chi connectivity index (χ0v) is 16.4. The van der Waals surface area contributed by atoms with Gasteiger partial charge in [0.1, 0.15) is 12.4 Å². The number of fused-ring (bicyclic) bond motifs is 1. The fourth-order valence-electron chi connectivity index (χ4n) is 2.88. The van der Waals surface area contributed by atoms with E-state index in [1.54, 1.807) is 30.5 Å². The summed E-state index contributed by atoms with van der Waals surface area (Å²) in [4.78, 5) is 42.9. The van der Waals surface area contributed by atoms with Crippen LogP contribution in [0.15, 0.2) is 42.7 Å². The van der Waals surface area contributed by atoms with Gasteiger partial charge in [0.25, 0.3) is 11.8 Å². The highest BCUT2D eigenvalue weighted by molar-refractivity contribution is 6.31. The standard InChI is InChI=1S/C20H21ClN4O4/c21-15-4-5-17-16(11-15)19(27)24-7-2-9-25(13-18(26)23-8-10-29-17)20(28)14-3-1-6-22-12-14/h1,3-6,11-12H,2,7-10,13H2,(H,23,26)(H,24,27). The van der Waals surface area contributed by atoms with Gasteiger partial charge in [-0.05, 0) is 36.8 Å². The molecule has 2 heterocycles. The van der Waals surface area contributed by atoms with Crippen LogP contribution in [0.4, 0.5) is 0 Å². The van der Waals surface area contributed by atoms with E-state index in [-0.39, 0.29) is 37.4 Å². The largest absolute Gasteiger partial charge is 0.491 e. The van der Waals surface area contributed by atoms with Crippen molar-refractivity contribution in [3.63, 3.8) is 0 Å². The molecular formula is C20H21ClN4O4. The molecule has 0 saturated carbocycles. The zero-order valence-electron chi connectivity index (χ0n) is 15.7. The fraction of sp³-hybridized carbons (Fsp3) is 0.300. The summed E-state index contributed by atoms with van der Waals surface area (Å²) in [5.74, 6) is -0.497. The maximum Gasteiger partial charge on any atom is 0.255 e. The van der Waals surface area contributed by atoms with Crippen molar-refractivity contribution in [1.29, 1.82) is 0 Å². The van der Waals surface area contributed by atoms with Crippen LogP contribution in [0.3, 0.4) is 0 Å². The zero-order chi connectivity index (χ0) is 20.6. The molecule has 8 nitrogen and oxygen atoms in total. The van der Waals surface area contributed by atoms with E-state index in [1.165, 1.54) is 17.2 Å². The Morgan fingerprint density at radius 2 is 2.03 bits per heavy atom. The Bertz CT molecular complexity index is 891. The first-order valence-electron chi connectivity index (χ1n) is 9.21. The first-order chi connectivity index (χ1) is 14.0. The lowest BCUT2D eigenvalue weighted by Gasteiger charge is -2.23. The number of rotatable bonds is 1. The maximum absolute atomic E-state index is 12.7. The molecule has 0 unspecified atom stereocenters. The van der Waals surface area contributed by atoms with Crippen molar-refractivity contribution in [1.82, 2.24) is 20.5 Å². The van der Waals surface area contributed by atoms with Crippen molar-refractivity contribution >= 4 is 29.3 Å². The number of carbonyl (C=O) groups excluding carboxylic acids is 3. The number of hydrogen-bond donors (Lipinski definition) is 2. The van der Waals surface area contributed by atoms with Crippen LogP contribution >= 0.6 is 11.6 Å². The van der Waals surface area contributed by atoms with Crippen LogP contribution in [0.25, 0.3) is 0 Å². The lowest BCUT2D eigenvalue weighted by atomic mass is 10.2. The van der Waals surface area contributed by atoms with E-state index in [9.17, 15) is 14.4 Å². The molecule has 0 spiro atoms. The minimum atomic E-state index is -0.311. The second kappa shape index (κ2) is 9.88. The van der Waals surface area contributed by atoms with Crippen molar-refractivity contribution < 1.29 is 19.1 Å². The van der Waals surface area contributed by atoms with Crippen molar-refractivity contribution in [3.05, 3.63) is 58.9 Å². The quantitative estimate of drug-likeness (QED) is 0.733. The number of halogens is 1. The second-order valence-electron chi connectivity index (χ2n) is 6.42. The molecule has 0 radical (unpaired) electrons. The molecule has 0 bridgehead atoms. The van der Waals surface area contributed by atoms with E-state index in [2.05, 4.69) is 15.6 Å². The third kappa shape index (κ3) is 5.68. The Morgan fingerprint density at radius 1 is 1.17 bits per heavy atom. The average molecular weight is 417 g/mol. The third-order valence-electron chi connectivity index (χ3n) is 4.29. The molecule has 3 amide bonds. The molecular weight excluding hydrogens is 396 g/mol. The summed E-state index contributed by atoms with van der Waals surface area (Å²) in [5, 5.41) is 5.95. The first kappa shape index (κ1) is 20.6. The van der Waals surface area contributed by atoms with E-state index >= 15 is 0 Å². The summed E-state index contributed by atoms with van der Waals surface area (Å²) in [5.41, 5.74) is 0.724. The van der Waals surface area contributed by atoms with Crippen LogP contribution in [-0.2, 0) is 4.79 Å². The number of pyridine rings is 1. The van der Waals surface area contributed by atoms with Crippen LogP contribution in [0.5, 0.6) is 5.75 Å². The van der Waals surface area contributed by atoms with Crippen molar-refractivity contribution in [2.75, 3.05) is 32.8 Å². The molecule has 0 saturated heterocycles. The van der Waals surface area contributed by atoms with Crippen LogP contribution < -0.4 is 15.4 Å². The van der Waals surface area contributed by atoms with E-state index in [4.69, 9.17) is 16.3 Å². The predicted octanol–water partition coefficient (Wildman–Crippen LogP) is 1.51. The van der Waals surface area contributed by atoms with Gasteiger partial charge >= 0.3 is 0 Å². The molecule has 29 heavy (non-hydrogen) atoms. The van der Waals surface area contributed by atoms with Gasteiger partial charge in [-0.1, -0.05) is 11.6 Å². The van der Waals surface area contributed by atoms with E-state index in [1.807, 2.05) is 0 Å². The summed E-state index contributed by atoms with van der Waals surface area (Å²) < 4.78 is 5.63. The molecule has 2 aromatic rings. The van der Waals surface area contributed by atoms with Crippen LogP contribution in [-0.4, -0.2) is 60.4 Å². The second-order valence-corrected chi connectivity index (χ2v) is 6.85. The minimum Gasteiger partial charge on any atom is -0.491 e. The molecule has 0 aliphatic carbocycles. The molecule has 1 aliphatic heterocycles. The van der Waals surface area contributed by atoms with E-state index in [0.29, 0.717) is 41.4 Å². The lowest BCUT2D eigenvalue weighted by Crippen LogP contribution is -2.43. The normalized spacial score (nSPS) is 16.0. The number of nitrogens with zero attached hydrogens (tertiary/aromatic N) is 2. The molecule has 0 fully saturated rings. The number of hydrogen-bond acceptors (Lipinski definition) is 5. The summed E-state index contributed by atoms with van der Waals surface area (Å²) in [6.45, 7) is 0.944. The highest BCUT2D eigenvalue weighted by atomic mass is 35.5. The number of benzene rings is 1. The molecule has 9 heteroatoms. The maximum atomic E-state index is 12.7. The molecule has 1 aromatic heterocycles. The van der Waals surface area contributed by atoms with Crippen LogP contribution in [0.1, 0.15) is 27.1 Å². The summed E-state index contributed by atoms with van der Waals surface area (Å²) in [7, 11) is 0. The molecule has 152 valence electrons. The molecule has 3 rings (SSSR count). The van der Waals surface area contributed by atoms with E-state index in [0.717, 1.165) is 0 Å². The molecule has 1 aliphatic rings. The summed E-state index contributed by atoms with van der Waals surface area (Å²) >= 11 is 6.00.